The molecule has 18 heavy (non-hydrogen) atoms. The standard InChI is InChI=1S/C15H20N2S/c1-16-8-2-5-13-12(16)11-14(18-13)15-6-3-9-17(15)10-4-7-15/h2,5,8,11,14H,3-4,6-7,9-10H2,1H3. The van der Waals surface area contributed by atoms with Gasteiger partial charge in [-0.3, -0.25) is 4.90 Å². The zero-order valence-electron chi connectivity index (χ0n) is 10.9. The van der Waals surface area contributed by atoms with Gasteiger partial charge in [-0.05, 0) is 57.0 Å². The van der Waals surface area contributed by atoms with Gasteiger partial charge in [-0.2, -0.15) is 0 Å². The van der Waals surface area contributed by atoms with E-state index in [0.717, 1.165) is 0 Å². The molecule has 2 fully saturated rings. The van der Waals surface area contributed by atoms with Crippen molar-refractivity contribution in [1.29, 1.82) is 0 Å². The van der Waals surface area contributed by atoms with Gasteiger partial charge in [-0.1, -0.05) is 0 Å². The molecule has 1 atom stereocenters. The molecule has 0 aromatic carbocycles. The van der Waals surface area contributed by atoms with E-state index in [0.29, 0.717) is 10.8 Å². The van der Waals surface area contributed by atoms with Gasteiger partial charge in [-0.25, -0.2) is 0 Å². The second kappa shape index (κ2) is 3.91. The molecule has 2 nitrogen and oxygen atoms in total. The average Bonchev–Trinajstić information content (AvgIpc) is 3.01. The third kappa shape index (κ3) is 1.41. The summed E-state index contributed by atoms with van der Waals surface area (Å²) in [5.41, 5.74) is 1.91. The predicted molar refractivity (Wildman–Crippen MR) is 77.2 cm³/mol. The number of rotatable bonds is 1. The van der Waals surface area contributed by atoms with Crippen LogP contribution in [0.25, 0.3) is 0 Å². The van der Waals surface area contributed by atoms with Gasteiger partial charge in [0, 0.05) is 28.9 Å². The van der Waals surface area contributed by atoms with E-state index >= 15 is 0 Å². The number of likely N-dealkylation sites (N-methyl/N-ethyl adjacent to an activating group) is 1. The number of thioether (sulfide) groups is 1. The van der Waals surface area contributed by atoms with E-state index in [2.05, 4.69) is 53.0 Å². The van der Waals surface area contributed by atoms with Crippen molar-refractivity contribution in [3.05, 3.63) is 35.0 Å². The Hall–Kier alpha value is -0.670. The average molecular weight is 260 g/mol. The highest BCUT2D eigenvalue weighted by molar-refractivity contribution is 8.04. The first-order valence-corrected chi connectivity index (χ1v) is 7.93. The van der Waals surface area contributed by atoms with Gasteiger partial charge in [0.1, 0.15) is 0 Å². The van der Waals surface area contributed by atoms with Crippen molar-refractivity contribution in [2.45, 2.75) is 36.5 Å². The quantitative estimate of drug-likeness (QED) is 0.716. The summed E-state index contributed by atoms with van der Waals surface area (Å²) in [6.45, 7) is 2.65. The van der Waals surface area contributed by atoms with Crippen molar-refractivity contribution < 1.29 is 0 Å². The van der Waals surface area contributed by atoms with Crippen LogP contribution >= 0.6 is 11.8 Å². The molecule has 0 radical (unpaired) electrons. The van der Waals surface area contributed by atoms with Gasteiger partial charge in [0.05, 0.1) is 5.70 Å². The molecule has 0 N–H and O–H groups in total. The monoisotopic (exact) mass is 260 g/mol. The third-order valence-corrected chi connectivity index (χ3v) is 6.42. The largest absolute Gasteiger partial charge is 0.350 e. The fourth-order valence-electron chi connectivity index (χ4n) is 4.09. The molecule has 0 spiro atoms. The maximum Gasteiger partial charge on any atom is 0.0513 e. The number of hydrogen-bond acceptors (Lipinski definition) is 3. The minimum Gasteiger partial charge on any atom is -0.350 e. The topological polar surface area (TPSA) is 6.48 Å². The Morgan fingerprint density at radius 1 is 1.28 bits per heavy atom. The Bertz CT molecular complexity index is 453. The first kappa shape index (κ1) is 11.2. The summed E-state index contributed by atoms with van der Waals surface area (Å²) in [6, 6.07) is 0. The molecule has 0 saturated carbocycles. The van der Waals surface area contributed by atoms with E-state index in [1.54, 1.807) is 0 Å². The molecule has 0 amide bonds. The highest BCUT2D eigenvalue weighted by Crippen LogP contribution is 2.52. The van der Waals surface area contributed by atoms with E-state index in [-0.39, 0.29) is 0 Å². The summed E-state index contributed by atoms with van der Waals surface area (Å²) in [5, 5.41) is 0.672. The molecule has 4 heterocycles. The van der Waals surface area contributed by atoms with Crippen molar-refractivity contribution in [2.75, 3.05) is 20.1 Å². The Kier molecular flexibility index (Phi) is 2.43. The van der Waals surface area contributed by atoms with Crippen LogP contribution in [0.15, 0.2) is 35.0 Å². The smallest absolute Gasteiger partial charge is 0.0513 e. The molecule has 4 aliphatic rings. The van der Waals surface area contributed by atoms with Gasteiger partial charge < -0.3 is 4.90 Å². The molecular formula is C15H20N2S. The molecule has 2 saturated heterocycles. The van der Waals surface area contributed by atoms with Crippen LogP contribution in [0.1, 0.15) is 25.7 Å². The van der Waals surface area contributed by atoms with Crippen LogP contribution in [0.3, 0.4) is 0 Å². The Morgan fingerprint density at radius 2 is 2.06 bits per heavy atom. The lowest BCUT2D eigenvalue weighted by atomic mass is 9.89. The van der Waals surface area contributed by atoms with Crippen molar-refractivity contribution in [3.63, 3.8) is 0 Å². The highest BCUT2D eigenvalue weighted by atomic mass is 32.2. The predicted octanol–water partition coefficient (Wildman–Crippen LogP) is 2.96. The van der Waals surface area contributed by atoms with E-state index < -0.39 is 0 Å². The molecule has 4 aliphatic heterocycles. The van der Waals surface area contributed by atoms with Crippen LogP contribution in [0.2, 0.25) is 0 Å². The van der Waals surface area contributed by atoms with Crippen LogP contribution in [-0.4, -0.2) is 40.7 Å². The van der Waals surface area contributed by atoms with Crippen LogP contribution < -0.4 is 0 Å². The van der Waals surface area contributed by atoms with Crippen molar-refractivity contribution in [3.8, 4) is 0 Å². The molecule has 1 unspecified atom stereocenters. The normalized spacial score (nSPS) is 33.4. The summed E-state index contributed by atoms with van der Waals surface area (Å²) < 4.78 is 0. The van der Waals surface area contributed by atoms with Gasteiger partial charge in [0.2, 0.25) is 0 Å². The summed E-state index contributed by atoms with van der Waals surface area (Å²) in [4.78, 5) is 6.51. The highest BCUT2D eigenvalue weighted by Gasteiger charge is 2.51. The molecule has 4 rings (SSSR count). The van der Waals surface area contributed by atoms with Crippen LogP contribution in [0, 0.1) is 0 Å². The molecule has 0 bridgehead atoms. The maximum atomic E-state index is 2.77. The Morgan fingerprint density at radius 3 is 2.78 bits per heavy atom. The van der Waals surface area contributed by atoms with Crippen LogP contribution in [0.4, 0.5) is 0 Å². The van der Waals surface area contributed by atoms with E-state index in [4.69, 9.17) is 0 Å². The SMILES string of the molecule is CN1C=CC=C2SC(C34CCCN3CCC4)C=C21. The summed E-state index contributed by atoms with van der Waals surface area (Å²) >= 11 is 2.10. The molecule has 96 valence electrons. The fourth-order valence-corrected chi connectivity index (χ4v) is 5.66. The molecule has 0 aromatic rings. The minimum atomic E-state index is 0.483. The van der Waals surface area contributed by atoms with Crippen LogP contribution in [0.5, 0.6) is 0 Å². The van der Waals surface area contributed by atoms with E-state index in [1.165, 1.54) is 49.4 Å². The van der Waals surface area contributed by atoms with Crippen molar-refractivity contribution in [2.24, 2.45) is 0 Å². The molecule has 0 aliphatic carbocycles. The van der Waals surface area contributed by atoms with Gasteiger partial charge in [-0.15, -0.1) is 11.8 Å². The first-order valence-electron chi connectivity index (χ1n) is 7.05. The molecule has 0 aromatic heterocycles. The third-order valence-electron chi connectivity index (χ3n) is 4.99. The van der Waals surface area contributed by atoms with Gasteiger partial charge in [0.25, 0.3) is 0 Å². The molecule has 3 heteroatoms. The number of allylic oxidation sites excluding steroid dienone is 2. The lowest BCUT2D eigenvalue weighted by molar-refractivity contribution is 0.204. The lowest BCUT2D eigenvalue weighted by Crippen LogP contribution is -2.45. The number of nitrogens with zero attached hydrogens (tertiary/aromatic N) is 2. The maximum absolute atomic E-state index is 2.77. The van der Waals surface area contributed by atoms with Crippen LogP contribution in [-0.2, 0) is 0 Å². The summed E-state index contributed by atoms with van der Waals surface area (Å²) in [5.74, 6) is 0. The minimum absolute atomic E-state index is 0.483. The fraction of sp³-hybridized carbons (Fsp3) is 0.600. The van der Waals surface area contributed by atoms with Gasteiger partial charge in [0.15, 0.2) is 0 Å². The van der Waals surface area contributed by atoms with Gasteiger partial charge >= 0.3 is 0 Å². The Balaban J connectivity index is 1.68. The number of hydrogen-bond donors (Lipinski definition) is 0. The summed E-state index contributed by atoms with van der Waals surface area (Å²) in [6.07, 6.45) is 14.7. The second-order valence-electron chi connectivity index (χ2n) is 5.87. The Labute approximate surface area is 113 Å². The molecular weight excluding hydrogens is 240 g/mol. The zero-order valence-corrected chi connectivity index (χ0v) is 11.7. The second-order valence-corrected chi connectivity index (χ2v) is 7.05. The van der Waals surface area contributed by atoms with Crippen molar-refractivity contribution in [1.82, 2.24) is 9.80 Å². The first-order chi connectivity index (χ1) is 8.79. The van der Waals surface area contributed by atoms with E-state index in [1.807, 2.05) is 0 Å². The lowest BCUT2D eigenvalue weighted by Gasteiger charge is -2.36. The van der Waals surface area contributed by atoms with E-state index in [9.17, 15) is 0 Å². The zero-order chi connectivity index (χ0) is 12.2. The summed E-state index contributed by atoms with van der Waals surface area (Å²) in [7, 11) is 2.16. The number of fused-ring (bicyclic) bond motifs is 2. The van der Waals surface area contributed by atoms with Crippen molar-refractivity contribution >= 4 is 11.8 Å².